The van der Waals surface area contributed by atoms with E-state index in [0.29, 0.717) is 5.92 Å². The molecule has 1 amide bonds. The van der Waals surface area contributed by atoms with Gasteiger partial charge in [-0.05, 0) is 12.8 Å². The summed E-state index contributed by atoms with van der Waals surface area (Å²) in [5, 5.41) is 3.18. The summed E-state index contributed by atoms with van der Waals surface area (Å²) in [7, 11) is 1.56. The number of halogens is 2. The number of ether oxygens (including phenoxy) is 1. The van der Waals surface area contributed by atoms with Crippen molar-refractivity contribution in [2.24, 2.45) is 5.73 Å². The molecule has 1 aromatic rings. The van der Waals surface area contributed by atoms with E-state index in [4.69, 9.17) is 10.5 Å². The molecule has 0 saturated carbocycles. The molecule has 2 N–H and O–H groups in total. The third-order valence-electron chi connectivity index (χ3n) is 3.27. The normalized spacial score (nSPS) is 17.0. The largest absolute Gasteiger partial charge is 0.383 e. The first-order valence-corrected chi connectivity index (χ1v) is 7.03. The van der Waals surface area contributed by atoms with Gasteiger partial charge >= 0.3 is 0 Å². The molecule has 8 heteroatoms. The zero-order chi connectivity index (χ0) is 13.0. The number of likely N-dealkylation sites (tertiary alicyclic amines) is 1. The number of methoxy groups -OCH3 is 1. The Kier molecular flexibility index (Phi) is 9.33. The average Bonchev–Trinajstić information content (AvgIpc) is 2.92. The topological polar surface area (TPSA) is 68.5 Å². The lowest BCUT2D eigenvalue weighted by atomic mass is 9.97. The van der Waals surface area contributed by atoms with Crippen molar-refractivity contribution in [3.8, 4) is 0 Å². The Morgan fingerprint density at radius 3 is 2.70 bits per heavy atom. The molecule has 1 aromatic heterocycles. The van der Waals surface area contributed by atoms with Gasteiger partial charge in [0.15, 0.2) is 0 Å². The summed E-state index contributed by atoms with van der Waals surface area (Å²) < 4.78 is 4.91. The first kappa shape index (κ1) is 19.6. The van der Waals surface area contributed by atoms with E-state index in [1.54, 1.807) is 18.4 Å². The van der Waals surface area contributed by atoms with Gasteiger partial charge in [0, 0.05) is 37.7 Å². The van der Waals surface area contributed by atoms with Crippen molar-refractivity contribution in [2.75, 3.05) is 26.8 Å². The second-order valence-corrected chi connectivity index (χ2v) is 5.46. The summed E-state index contributed by atoms with van der Waals surface area (Å²) in [6, 6.07) is -0.536. The van der Waals surface area contributed by atoms with E-state index >= 15 is 0 Å². The molecule has 0 aromatic carbocycles. The van der Waals surface area contributed by atoms with Crippen LogP contribution in [0.3, 0.4) is 0 Å². The molecule has 1 aliphatic rings. The number of aromatic nitrogens is 1. The number of nitrogens with two attached hydrogens (primary N) is 1. The minimum atomic E-state index is -0.536. The van der Waals surface area contributed by atoms with E-state index in [1.807, 2.05) is 16.5 Å². The Hall–Kier alpha value is -0.400. The van der Waals surface area contributed by atoms with Gasteiger partial charge in [-0.1, -0.05) is 0 Å². The molecule has 0 spiro atoms. The van der Waals surface area contributed by atoms with Crippen LogP contribution < -0.4 is 5.73 Å². The average molecular weight is 342 g/mol. The lowest BCUT2D eigenvalue weighted by Gasteiger charge is -2.32. The molecular formula is C12H21Cl2N3O2S. The third kappa shape index (κ3) is 4.86. The maximum atomic E-state index is 12.0. The van der Waals surface area contributed by atoms with Crippen LogP contribution in [0.4, 0.5) is 0 Å². The van der Waals surface area contributed by atoms with E-state index in [1.165, 1.54) is 5.01 Å². The Balaban J connectivity index is 0.00000180. The maximum Gasteiger partial charge on any atom is 0.241 e. The van der Waals surface area contributed by atoms with Gasteiger partial charge in [0.25, 0.3) is 0 Å². The van der Waals surface area contributed by atoms with Crippen LogP contribution in [0.1, 0.15) is 23.8 Å². The summed E-state index contributed by atoms with van der Waals surface area (Å²) in [5.74, 6) is 0.488. The highest BCUT2D eigenvalue weighted by Crippen LogP contribution is 2.29. The summed E-state index contributed by atoms with van der Waals surface area (Å²) >= 11 is 1.69. The number of hydrogen-bond donors (Lipinski definition) is 1. The number of amides is 1. The SMILES string of the molecule is COCC(N)C(=O)N1CCC(c2nccs2)CC1.Cl.Cl. The van der Waals surface area contributed by atoms with Gasteiger partial charge in [-0.2, -0.15) is 0 Å². The third-order valence-corrected chi connectivity index (χ3v) is 4.21. The molecule has 0 radical (unpaired) electrons. The van der Waals surface area contributed by atoms with Crippen LogP contribution in [-0.4, -0.2) is 48.6 Å². The van der Waals surface area contributed by atoms with Crippen LogP contribution in [0.5, 0.6) is 0 Å². The van der Waals surface area contributed by atoms with Crippen molar-refractivity contribution in [3.05, 3.63) is 16.6 Å². The van der Waals surface area contributed by atoms with Crippen LogP contribution in [-0.2, 0) is 9.53 Å². The first-order chi connectivity index (χ1) is 8.72. The van der Waals surface area contributed by atoms with Gasteiger partial charge in [0.05, 0.1) is 11.6 Å². The van der Waals surface area contributed by atoms with Crippen LogP contribution in [0, 0.1) is 0 Å². The number of piperidine rings is 1. The summed E-state index contributed by atoms with van der Waals surface area (Å²) in [6.07, 6.45) is 3.78. The standard InChI is InChI=1S/C12H19N3O2S.2ClH/c1-17-8-10(13)12(16)15-5-2-9(3-6-15)11-14-4-7-18-11;;/h4,7,9-10H,2-3,5-6,8,13H2,1H3;2*1H. The van der Waals surface area contributed by atoms with Crippen LogP contribution in [0.15, 0.2) is 11.6 Å². The molecule has 1 saturated heterocycles. The Labute approximate surface area is 135 Å². The molecule has 1 unspecified atom stereocenters. The minimum Gasteiger partial charge on any atom is -0.383 e. The van der Waals surface area contributed by atoms with Crippen LogP contribution in [0.2, 0.25) is 0 Å². The Bertz CT molecular complexity index is 384. The molecule has 2 heterocycles. The molecule has 1 atom stereocenters. The maximum absolute atomic E-state index is 12.0. The zero-order valence-electron chi connectivity index (χ0n) is 11.4. The van der Waals surface area contributed by atoms with Gasteiger partial charge < -0.3 is 15.4 Å². The second-order valence-electron chi connectivity index (χ2n) is 4.53. The summed E-state index contributed by atoms with van der Waals surface area (Å²) in [6.45, 7) is 1.81. The smallest absolute Gasteiger partial charge is 0.241 e. The molecule has 116 valence electrons. The monoisotopic (exact) mass is 341 g/mol. The van der Waals surface area contributed by atoms with Gasteiger partial charge in [-0.25, -0.2) is 4.98 Å². The Morgan fingerprint density at radius 2 is 2.20 bits per heavy atom. The minimum absolute atomic E-state index is 0. The molecule has 5 nitrogen and oxygen atoms in total. The number of carbonyl (C=O) groups is 1. The number of rotatable bonds is 4. The Morgan fingerprint density at radius 1 is 1.55 bits per heavy atom. The van der Waals surface area contributed by atoms with E-state index in [9.17, 15) is 4.79 Å². The van der Waals surface area contributed by atoms with Crippen molar-refractivity contribution in [2.45, 2.75) is 24.8 Å². The quantitative estimate of drug-likeness (QED) is 0.904. The van der Waals surface area contributed by atoms with Gasteiger partial charge in [-0.15, -0.1) is 36.2 Å². The molecular weight excluding hydrogens is 321 g/mol. The van der Waals surface area contributed by atoms with Crippen molar-refractivity contribution in [1.82, 2.24) is 9.88 Å². The first-order valence-electron chi connectivity index (χ1n) is 6.15. The molecule has 20 heavy (non-hydrogen) atoms. The van der Waals surface area contributed by atoms with Gasteiger partial charge in [0.1, 0.15) is 6.04 Å². The van der Waals surface area contributed by atoms with Crippen molar-refractivity contribution in [3.63, 3.8) is 0 Å². The van der Waals surface area contributed by atoms with Crippen LogP contribution >= 0.6 is 36.2 Å². The molecule has 0 aliphatic carbocycles. The van der Waals surface area contributed by atoms with E-state index in [-0.39, 0.29) is 37.3 Å². The van der Waals surface area contributed by atoms with Crippen molar-refractivity contribution >= 4 is 42.1 Å². The highest BCUT2D eigenvalue weighted by molar-refractivity contribution is 7.09. The fourth-order valence-corrected chi connectivity index (χ4v) is 3.08. The fourth-order valence-electron chi connectivity index (χ4n) is 2.27. The molecule has 1 aliphatic heterocycles. The van der Waals surface area contributed by atoms with Crippen molar-refractivity contribution < 1.29 is 9.53 Å². The zero-order valence-corrected chi connectivity index (χ0v) is 13.8. The number of carbonyl (C=O) groups excluding carboxylic acids is 1. The highest BCUT2D eigenvalue weighted by Gasteiger charge is 2.27. The lowest BCUT2D eigenvalue weighted by Crippen LogP contribution is -2.48. The summed E-state index contributed by atoms with van der Waals surface area (Å²) in [4.78, 5) is 18.2. The van der Waals surface area contributed by atoms with Gasteiger partial charge in [0.2, 0.25) is 5.91 Å². The predicted molar refractivity (Wildman–Crippen MR) is 85.0 cm³/mol. The van der Waals surface area contributed by atoms with E-state index < -0.39 is 6.04 Å². The highest BCUT2D eigenvalue weighted by atomic mass is 35.5. The van der Waals surface area contributed by atoms with Crippen LogP contribution in [0.25, 0.3) is 0 Å². The van der Waals surface area contributed by atoms with E-state index in [0.717, 1.165) is 25.9 Å². The lowest BCUT2D eigenvalue weighted by molar-refractivity contribution is -0.134. The summed E-state index contributed by atoms with van der Waals surface area (Å²) in [5.41, 5.74) is 5.76. The number of hydrogen-bond acceptors (Lipinski definition) is 5. The number of nitrogens with zero attached hydrogens (tertiary/aromatic N) is 2. The van der Waals surface area contributed by atoms with E-state index in [2.05, 4.69) is 4.98 Å². The molecule has 0 bridgehead atoms. The van der Waals surface area contributed by atoms with Crippen molar-refractivity contribution in [1.29, 1.82) is 0 Å². The number of thiazole rings is 1. The fraction of sp³-hybridized carbons (Fsp3) is 0.667. The molecule has 1 fully saturated rings. The molecule has 2 rings (SSSR count). The second kappa shape index (κ2) is 9.52. The van der Waals surface area contributed by atoms with Gasteiger partial charge in [-0.3, -0.25) is 4.79 Å². The predicted octanol–water partition coefficient (Wildman–Crippen LogP) is 1.67.